The molecular formula is C11H14NO2S. The van der Waals surface area contributed by atoms with Crippen molar-refractivity contribution in [3.63, 3.8) is 0 Å². The fourth-order valence-electron chi connectivity index (χ4n) is 1.88. The summed E-state index contributed by atoms with van der Waals surface area (Å²) in [6.07, 6.45) is 0.889. The Bertz CT molecular complexity index is 453. The van der Waals surface area contributed by atoms with E-state index < -0.39 is 15.2 Å². The first-order valence-corrected chi connectivity index (χ1v) is 6.80. The SMILES string of the molecule is CCS(=O)(=O)C1NCCc2cc[c]cc21. The fourth-order valence-corrected chi connectivity index (χ4v) is 3.19. The Hall–Kier alpha value is -0.870. The molecule has 0 aromatic heterocycles. The van der Waals surface area contributed by atoms with E-state index in [1.807, 2.05) is 12.1 Å². The molecule has 0 amide bonds. The molecular weight excluding hydrogens is 210 g/mol. The summed E-state index contributed by atoms with van der Waals surface area (Å²) in [7, 11) is -3.07. The predicted octanol–water partition coefficient (Wildman–Crippen LogP) is 1.07. The van der Waals surface area contributed by atoms with Gasteiger partial charge >= 0.3 is 0 Å². The molecule has 2 rings (SSSR count). The van der Waals surface area contributed by atoms with Gasteiger partial charge in [0.1, 0.15) is 5.37 Å². The maximum absolute atomic E-state index is 11.8. The molecule has 0 saturated heterocycles. The van der Waals surface area contributed by atoms with Gasteiger partial charge in [-0.05, 0) is 29.7 Å². The highest BCUT2D eigenvalue weighted by Gasteiger charge is 2.29. The minimum atomic E-state index is -3.07. The Morgan fingerprint density at radius 1 is 1.60 bits per heavy atom. The van der Waals surface area contributed by atoms with Crippen molar-refractivity contribution in [1.82, 2.24) is 5.32 Å². The van der Waals surface area contributed by atoms with Crippen molar-refractivity contribution in [2.45, 2.75) is 18.7 Å². The molecule has 1 unspecified atom stereocenters. The fraction of sp³-hybridized carbons (Fsp3) is 0.455. The molecule has 3 nitrogen and oxygen atoms in total. The zero-order valence-corrected chi connectivity index (χ0v) is 9.47. The predicted molar refractivity (Wildman–Crippen MR) is 59.2 cm³/mol. The van der Waals surface area contributed by atoms with Gasteiger partial charge in [-0.25, -0.2) is 8.42 Å². The molecule has 1 atom stereocenters. The van der Waals surface area contributed by atoms with Gasteiger partial charge in [0.15, 0.2) is 9.84 Å². The van der Waals surface area contributed by atoms with E-state index >= 15 is 0 Å². The Morgan fingerprint density at radius 2 is 2.40 bits per heavy atom. The molecule has 1 heterocycles. The smallest absolute Gasteiger partial charge is 0.170 e. The molecule has 1 aromatic rings. The van der Waals surface area contributed by atoms with E-state index in [1.54, 1.807) is 13.0 Å². The number of fused-ring (bicyclic) bond motifs is 1. The largest absolute Gasteiger partial charge is 0.297 e. The average molecular weight is 224 g/mol. The second-order valence-corrected chi connectivity index (χ2v) is 6.04. The number of sulfone groups is 1. The lowest BCUT2D eigenvalue weighted by Gasteiger charge is -2.26. The van der Waals surface area contributed by atoms with Crippen LogP contribution < -0.4 is 5.32 Å². The molecule has 1 aliphatic rings. The van der Waals surface area contributed by atoms with Crippen molar-refractivity contribution in [1.29, 1.82) is 0 Å². The number of benzene rings is 1. The lowest BCUT2D eigenvalue weighted by atomic mass is 10.0. The van der Waals surface area contributed by atoms with Crippen molar-refractivity contribution in [3.05, 3.63) is 35.4 Å². The molecule has 1 aromatic carbocycles. The molecule has 81 valence electrons. The van der Waals surface area contributed by atoms with Crippen LogP contribution >= 0.6 is 0 Å². The quantitative estimate of drug-likeness (QED) is 0.817. The topological polar surface area (TPSA) is 46.2 Å². The van der Waals surface area contributed by atoms with E-state index in [0.29, 0.717) is 0 Å². The van der Waals surface area contributed by atoms with Crippen LogP contribution in [0.2, 0.25) is 0 Å². The summed E-state index contributed by atoms with van der Waals surface area (Å²) in [6, 6.07) is 8.51. The lowest BCUT2D eigenvalue weighted by molar-refractivity contribution is 0.543. The average Bonchev–Trinajstić information content (AvgIpc) is 2.28. The van der Waals surface area contributed by atoms with Gasteiger partial charge in [0.05, 0.1) is 0 Å². The number of hydrogen-bond donors (Lipinski definition) is 1. The maximum Gasteiger partial charge on any atom is 0.170 e. The van der Waals surface area contributed by atoms with Crippen LogP contribution in [0.4, 0.5) is 0 Å². The van der Waals surface area contributed by atoms with Crippen LogP contribution in [0.3, 0.4) is 0 Å². The third kappa shape index (κ3) is 1.92. The summed E-state index contributed by atoms with van der Waals surface area (Å²) in [4.78, 5) is 0. The zero-order chi connectivity index (χ0) is 10.9. The molecule has 1 radical (unpaired) electrons. The van der Waals surface area contributed by atoms with E-state index in [0.717, 1.165) is 24.1 Å². The van der Waals surface area contributed by atoms with Crippen LogP contribution in [0.25, 0.3) is 0 Å². The summed E-state index contributed by atoms with van der Waals surface area (Å²) in [6.45, 7) is 2.40. The van der Waals surface area contributed by atoms with Gasteiger partial charge in [0.2, 0.25) is 0 Å². The van der Waals surface area contributed by atoms with E-state index in [-0.39, 0.29) is 5.75 Å². The summed E-state index contributed by atoms with van der Waals surface area (Å²) < 4.78 is 23.7. The van der Waals surface area contributed by atoms with E-state index in [2.05, 4.69) is 11.4 Å². The highest BCUT2D eigenvalue weighted by atomic mass is 32.2. The number of nitrogens with one attached hydrogen (secondary N) is 1. The standard InChI is InChI=1S/C11H14NO2S/c1-2-15(13,14)11-10-6-4-3-5-9(10)7-8-12-11/h3,5-6,11-12H,2,7-8H2,1H3. The monoisotopic (exact) mass is 224 g/mol. The van der Waals surface area contributed by atoms with Crippen molar-refractivity contribution < 1.29 is 8.42 Å². The van der Waals surface area contributed by atoms with E-state index in [4.69, 9.17) is 0 Å². The Morgan fingerprint density at radius 3 is 3.13 bits per heavy atom. The van der Waals surface area contributed by atoms with E-state index in [9.17, 15) is 8.42 Å². The van der Waals surface area contributed by atoms with Crippen LogP contribution in [0.1, 0.15) is 23.4 Å². The number of hydrogen-bond acceptors (Lipinski definition) is 3. The van der Waals surface area contributed by atoms with Gasteiger partial charge < -0.3 is 0 Å². The van der Waals surface area contributed by atoms with Crippen LogP contribution in [0.5, 0.6) is 0 Å². The van der Waals surface area contributed by atoms with Crippen molar-refractivity contribution in [3.8, 4) is 0 Å². The molecule has 0 saturated carbocycles. The van der Waals surface area contributed by atoms with Gasteiger partial charge in [-0.3, -0.25) is 5.32 Å². The molecule has 1 aliphatic heterocycles. The highest BCUT2D eigenvalue weighted by molar-refractivity contribution is 7.91. The first kappa shape index (κ1) is 10.6. The minimum Gasteiger partial charge on any atom is -0.297 e. The molecule has 0 bridgehead atoms. The second-order valence-electron chi connectivity index (χ2n) is 3.66. The van der Waals surface area contributed by atoms with Gasteiger partial charge in [-0.2, -0.15) is 0 Å². The highest BCUT2D eigenvalue weighted by Crippen LogP contribution is 2.27. The normalized spacial score (nSPS) is 21.0. The van der Waals surface area contributed by atoms with Gasteiger partial charge in [0.25, 0.3) is 0 Å². The molecule has 0 fully saturated rings. The van der Waals surface area contributed by atoms with Crippen LogP contribution in [-0.2, 0) is 16.3 Å². The molecule has 1 N–H and O–H groups in total. The van der Waals surface area contributed by atoms with Gasteiger partial charge in [-0.1, -0.05) is 19.1 Å². The summed E-state index contributed by atoms with van der Waals surface area (Å²) in [5.41, 5.74) is 1.99. The third-order valence-corrected chi connectivity index (χ3v) is 4.70. The van der Waals surface area contributed by atoms with Crippen molar-refractivity contribution >= 4 is 9.84 Å². The molecule has 0 spiro atoms. The maximum atomic E-state index is 11.8. The summed E-state index contributed by atoms with van der Waals surface area (Å²) in [5, 5.41) is 2.52. The third-order valence-electron chi connectivity index (χ3n) is 2.76. The second kappa shape index (κ2) is 3.94. The van der Waals surface area contributed by atoms with Gasteiger partial charge in [0, 0.05) is 12.3 Å². The van der Waals surface area contributed by atoms with Gasteiger partial charge in [-0.15, -0.1) is 0 Å². The first-order chi connectivity index (χ1) is 7.15. The summed E-state index contributed by atoms with van der Waals surface area (Å²) in [5.74, 6) is 0.166. The minimum absolute atomic E-state index is 0.166. The number of rotatable bonds is 2. The first-order valence-electron chi connectivity index (χ1n) is 5.09. The van der Waals surface area contributed by atoms with Crippen LogP contribution in [-0.4, -0.2) is 20.7 Å². The summed E-state index contributed by atoms with van der Waals surface area (Å²) >= 11 is 0. The van der Waals surface area contributed by atoms with Crippen LogP contribution in [0, 0.1) is 6.07 Å². The molecule has 4 heteroatoms. The van der Waals surface area contributed by atoms with Crippen molar-refractivity contribution in [2.75, 3.05) is 12.3 Å². The van der Waals surface area contributed by atoms with Crippen molar-refractivity contribution in [2.24, 2.45) is 0 Å². The van der Waals surface area contributed by atoms with E-state index in [1.165, 1.54) is 0 Å². The molecule has 0 aliphatic carbocycles. The Kier molecular flexibility index (Phi) is 2.80. The molecule has 15 heavy (non-hydrogen) atoms. The lowest BCUT2D eigenvalue weighted by Crippen LogP contribution is -2.35. The Balaban J connectivity index is 2.47. The zero-order valence-electron chi connectivity index (χ0n) is 8.66. The Labute approximate surface area is 90.4 Å². The van der Waals surface area contributed by atoms with Crippen LogP contribution in [0.15, 0.2) is 18.2 Å².